The molecule has 0 unspecified atom stereocenters. The molecule has 1 aromatic heterocycles. The second-order valence-corrected chi connectivity index (χ2v) is 4.19. The molecule has 0 spiro atoms. The van der Waals surface area contributed by atoms with Crippen molar-refractivity contribution >= 4 is 5.97 Å². The number of hydrogen-bond donors (Lipinski definition) is 1. The second kappa shape index (κ2) is 5.16. The van der Waals surface area contributed by atoms with Gasteiger partial charge in [-0.15, -0.1) is 0 Å². The first kappa shape index (κ1) is 11.2. The summed E-state index contributed by atoms with van der Waals surface area (Å²) >= 11 is 0. The number of nitrogens with one attached hydrogen (secondary N) is 1. The summed E-state index contributed by atoms with van der Waals surface area (Å²) in [5.41, 5.74) is 0. The third-order valence-corrected chi connectivity index (χ3v) is 3.01. The molecule has 0 aliphatic heterocycles. The van der Waals surface area contributed by atoms with Gasteiger partial charge in [-0.05, 0) is 37.4 Å². The third-order valence-electron chi connectivity index (χ3n) is 3.01. The molecule has 1 saturated carbocycles. The number of esters is 1. The fourth-order valence-electron chi connectivity index (χ4n) is 1.78. The average Bonchev–Trinajstić information content (AvgIpc) is 2.69. The van der Waals surface area contributed by atoms with E-state index in [1.165, 1.54) is 26.4 Å². The maximum Gasteiger partial charge on any atom is 0.373 e. The van der Waals surface area contributed by atoms with Gasteiger partial charge in [-0.25, -0.2) is 4.79 Å². The Kier molecular flexibility index (Phi) is 3.62. The average molecular weight is 223 g/mol. The van der Waals surface area contributed by atoms with E-state index < -0.39 is 5.97 Å². The number of methoxy groups -OCH3 is 1. The molecule has 1 aliphatic carbocycles. The van der Waals surface area contributed by atoms with Crippen LogP contribution >= 0.6 is 0 Å². The Labute approximate surface area is 95.0 Å². The van der Waals surface area contributed by atoms with Crippen molar-refractivity contribution in [2.24, 2.45) is 5.92 Å². The fourth-order valence-corrected chi connectivity index (χ4v) is 1.78. The van der Waals surface area contributed by atoms with Crippen LogP contribution in [0.1, 0.15) is 35.6 Å². The van der Waals surface area contributed by atoms with Crippen molar-refractivity contribution < 1.29 is 13.9 Å². The van der Waals surface area contributed by atoms with Crippen LogP contribution in [0.3, 0.4) is 0 Å². The van der Waals surface area contributed by atoms with Crippen LogP contribution in [0.2, 0.25) is 0 Å². The second-order valence-electron chi connectivity index (χ2n) is 4.19. The molecule has 1 aliphatic rings. The standard InChI is InChI=1S/C12H17NO3/c1-15-12(14)11-6-5-10(16-11)8-13-7-9-3-2-4-9/h5-6,9,13H,2-4,7-8H2,1H3. The first-order chi connectivity index (χ1) is 7.79. The predicted molar refractivity (Wildman–Crippen MR) is 59.1 cm³/mol. The maximum atomic E-state index is 11.1. The van der Waals surface area contributed by atoms with Crippen molar-refractivity contribution in [2.45, 2.75) is 25.8 Å². The first-order valence-electron chi connectivity index (χ1n) is 5.67. The minimum absolute atomic E-state index is 0.267. The van der Waals surface area contributed by atoms with E-state index in [2.05, 4.69) is 10.1 Å². The molecular weight excluding hydrogens is 206 g/mol. The van der Waals surface area contributed by atoms with Gasteiger partial charge in [0.2, 0.25) is 5.76 Å². The summed E-state index contributed by atoms with van der Waals surface area (Å²) in [5, 5.41) is 3.33. The predicted octanol–water partition coefficient (Wildman–Crippen LogP) is 1.96. The van der Waals surface area contributed by atoms with Crippen molar-refractivity contribution in [3.63, 3.8) is 0 Å². The molecule has 0 bridgehead atoms. The molecule has 16 heavy (non-hydrogen) atoms. The summed E-state index contributed by atoms with van der Waals surface area (Å²) in [4.78, 5) is 11.1. The number of ether oxygens (including phenoxy) is 1. The lowest BCUT2D eigenvalue weighted by atomic mass is 9.85. The highest BCUT2D eigenvalue weighted by Crippen LogP contribution is 2.25. The molecule has 1 aromatic rings. The normalized spacial score (nSPS) is 15.8. The van der Waals surface area contributed by atoms with Crippen LogP contribution in [0, 0.1) is 5.92 Å². The van der Waals surface area contributed by atoms with Gasteiger partial charge < -0.3 is 14.5 Å². The van der Waals surface area contributed by atoms with Gasteiger partial charge in [-0.3, -0.25) is 0 Å². The Morgan fingerprint density at radius 3 is 3.00 bits per heavy atom. The molecule has 4 nitrogen and oxygen atoms in total. The van der Waals surface area contributed by atoms with Gasteiger partial charge in [0.1, 0.15) is 5.76 Å². The van der Waals surface area contributed by atoms with Crippen LogP contribution < -0.4 is 5.32 Å². The van der Waals surface area contributed by atoms with Crippen LogP contribution in [-0.4, -0.2) is 19.6 Å². The van der Waals surface area contributed by atoms with E-state index in [1.54, 1.807) is 12.1 Å². The van der Waals surface area contributed by atoms with Crippen LogP contribution in [0.5, 0.6) is 0 Å². The van der Waals surface area contributed by atoms with Gasteiger partial charge in [0.15, 0.2) is 0 Å². The molecule has 4 heteroatoms. The Bertz CT molecular complexity index is 355. The molecule has 2 rings (SSSR count). The zero-order chi connectivity index (χ0) is 11.4. The van der Waals surface area contributed by atoms with E-state index in [9.17, 15) is 4.79 Å². The lowest BCUT2D eigenvalue weighted by Gasteiger charge is -2.25. The van der Waals surface area contributed by atoms with E-state index >= 15 is 0 Å². The van der Waals surface area contributed by atoms with Crippen molar-refractivity contribution in [2.75, 3.05) is 13.7 Å². The van der Waals surface area contributed by atoms with Crippen molar-refractivity contribution in [3.05, 3.63) is 23.7 Å². The van der Waals surface area contributed by atoms with Gasteiger partial charge in [-0.2, -0.15) is 0 Å². The molecule has 1 N–H and O–H groups in total. The molecule has 0 amide bonds. The van der Waals surface area contributed by atoms with Gasteiger partial charge in [-0.1, -0.05) is 6.42 Å². The summed E-state index contributed by atoms with van der Waals surface area (Å²) in [5.74, 6) is 1.45. The molecule has 88 valence electrons. The van der Waals surface area contributed by atoms with Gasteiger partial charge in [0.25, 0.3) is 0 Å². The molecule has 0 atom stereocenters. The van der Waals surface area contributed by atoms with E-state index in [-0.39, 0.29) is 5.76 Å². The highest BCUT2D eigenvalue weighted by Gasteiger charge is 2.17. The van der Waals surface area contributed by atoms with Crippen molar-refractivity contribution in [1.82, 2.24) is 5.32 Å². The van der Waals surface area contributed by atoms with E-state index in [4.69, 9.17) is 4.42 Å². The SMILES string of the molecule is COC(=O)c1ccc(CNCC2CCC2)o1. The minimum atomic E-state index is -0.426. The summed E-state index contributed by atoms with van der Waals surface area (Å²) in [6.07, 6.45) is 4.02. The lowest BCUT2D eigenvalue weighted by molar-refractivity contribution is 0.0563. The summed E-state index contributed by atoms with van der Waals surface area (Å²) < 4.78 is 9.90. The van der Waals surface area contributed by atoms with Gasteiger partial charge in [0, 0.05) is 0 Å². The summed E-state index contributed by atoms with van der Waals surface area (Å²) in [6, 6.07) is 3.45. The minimum Gasteiger partial charge on any atom is -0.463 e. The molecule has 0 aromatic carbocycles. The number of hydrogen-bond acceptors (Lipinski definition) is 4. The molecular formula is C12H17NO3. The Morgan fingerprint density at radius 1 is 1.56 bits per heavy atom. The number of rotatable bonds is 5. The van der Waals surface area contributed by atoms with Crippen molar-refractivity contribution in [1.29, 1.82) is 0 Å². The largest absolute Gasteiger partial charge is 0.463 e. The first-order valence-corrected chi connectivity index (χ1v) is 5.67. The smallest absolute Gasteiger partial charge is 0.373 e. The molecule has 1 fully saturated rings. The summed E-state index contributed by atoms with van der Waals surface area (Å²) in [7, 11) is 1.35. The number of carbonyl (C=O) groups excluding carboxylic acids is 1. The Hall–Kier alpha value is -1.29. The Morgan fingerprint density at radius 2 is 2.38 bits per heavy atom. The quantitative estimate of drug-likeness (QED) is 0.775. The molecule has 0 saturated heterocycles. The maximum absolute atomic E-state index is 11.1. The van der Waals surface area contributed by atoms with E-state index in [0.717, 1.165) is 18.2 Å². The highest BCUT2D eigenvalue weighted by molar-refractivity contribution is 5.86. The molecule has 1 heterocycles. The van der Waals surface area contributed by atoms with Crippen LogP contribution in [0.15, 0.2) is 16.5 Å². The van der Waals surface area contributed by atoms with Gasteiger partial charge in [0.05, 0.1) is 13.7 Å². The fraction of sp³-hybridized carbons (Fsp3) is 0.583. The zero-order valence-electron chi connectivity index (χ0n) is 9.49. The summed E-state index contributed by atoms with van der Waals surface area (Å²) in [6.45, 7) is 1.71. The lowest BCUT2D eigenvalue weighted by Crippen LogP contribution is -2.26. The number of carbonyl (C=O) groups is 1. The van der Waals surface area contributed by atoms with Crippen LogP contribution in [0.25, 0.3) is 0 Å². The van der Waals surface area contributed by atoms with Crippen LogP contribution in [-0.2, 0) is 11.3 Å². The highest BCUT2D eigenvalue weighted by atomic mass is 16.5. The topological polar surface area (TPSA) is 51.5 Å². The van der Waals surface area contributed by atoms with E-state index in [0.29, 0.717) is 6.54 Å². The monoisotopic (exact) mass is 223 g/mol. The van der Waals surface area contributed by atoms with Crippen LogP contribution in [0.4, 0.5) is 0 Å². The number of furan rings is 1. The third kappa shape index (κ3) is 2.64. The van der Waals surface area contributed by atoms with E-state index in [1.807, 2.05) is 0 Å². The Balaban J connectivity index is 1.76. The molecule has 0 radical (unpaired) electrons. The van der Waals surface area contributed by atoms with Gasteiger partial charge >= 0.3 is 5.97 Å². The van der Waals surface area contributed by atoms with Crippen molar-refractivity contribution in [3.8, 4) is 0 Å². The zero-order valence-corrected chi connectivity index (χ0v) is 9.49.